The second kappa shape index (κ2) is 7.49. The van der Waals surface area contributed by atoms with Crippen LogP contribution < -0.4 is 10.9 Å². The summed E-state index contributed by atoms with van der Waals surface area (Å²) < 4.78 is 0. The van der Waals surface area contributed by atoms with Gasteiger partial charge < -0.3 is 10.3 Å². The maximum absolute atomic E-state index is 12.3. The molecule has 1 aromatic carbocycles. The third-order valence-corrected chi connectivity index (χ3v) is 4.68. The van der Waals surface area contributed by atoms with Crippen LogP contribution in [0.25, 0.3) is 0 Å². The topological polar surface area (TPSA) is 108 Å². The van der Waals surface area contributed by atoms with Gasteiger partial charge >= 0.3 is 0 Å². The average Bonchev–Trinajstić information content (AvgIpc) is 2.65. The van der Waals surface area contributed by atoms with Crippen LogP contribution in [0.3, 0.4) is 0 Å². The molecule has 3 rings (SSSR count). The van der Waals surface area contributed by atoms with E-state index in [-0.39, 0.29) is 17.3 Å². The van der Waals surface area contributed by atoms with Crippen LogP contribution in [0.4, 0.5) is 5.69 Å². The molecular formula is C18H20N4O4. The van der Waals surface area contributed by atoms with E-state index in [0.29, 0.717) is 6.54 Å². The minimum absolute atomic E-state index is 0.0742. The number of nitrogens with zero attached hydrogens (tertiary/aromatic N) is 2. The molecule has 8 heteroatoms. The Labute approximate surface area is 150 Å². The summed E-state index contributed by atoms with van der Waals surface area (Å²) >= 11 is 0. The van der Waals surface area contributed by atoms with E-state index in [9.17, 15) is 19.7 Å². The number of rotatable bonds is 5. The SMILES string of the molecule is C[C@@H](CNC(=O)c1cc([N+](=O)[O-])c[nH]c1=O)N1CCc2ccccc2C1. The van der Waals surface area contributed by atoms with E-state index in [2.05, 4.69) is 27.3 Å². The molecule has 2 heterocycles. The summed E-state index contributed by atoms with van der Waals surface area (Å²) in [6, 6.07) is 9.36. The summed E-state index contributed by atoms with van der Waals surface area (Å²) in [7, 11) is 0. The zero-order valence-corrected chi connectivity index (χ0v) is 14.4. The van der Waals surface area contributed by atoms with E-state index < -0.39 is 16.4 Å². The molecule has 0 saturated carbocycles. The van der Waals surface area contributed by atoms with Gasteiger partial charge in [-0.25, -0.2) is 0 Å². The lowest BCUT2D eigenvalue weighted by atomic mass is 9.99. The van der Waals surface area contributed by atoms with Crippen LogP contribution in [0.5, 0.6) is 0 Å². The highest BCUT2D eigenvalue weighted by Gasteiger charge is 2.22. The molecule has 1 atom stereocenters. The van der Waals surface area contributed by atoms with Gasteiger partial charge in [-0.05, 0) is 24.5 Å². The van der Waals surface area contributed by atoms with Gasteiger partial charge in [-0.1, -0.05) is 24.3 Å². The van der Waals surface area contributed by atoms with Crippen LogP contribution in [0, 0.1) is 10.1 Å². The van der Waals surface area contributed by atoms with Gasteiger partial charge in [-0.3, -0.25) is 24.6 Å². The Morgan fingerprint density at radius 3 is 2.85 bits per heavy atom. The molecule has 1 aliphatic heterocycles. The number of nitrogens with one attached hydrogen (secondary N) is 2. The van der Waals surface area contributed by atoms with Crippen LogP contribution in [0.2, 0.25) is 0 Å². The molecule has 0 radical (unpaired) electrons. The first-order chi connectivity index (χ1) is 12.5. The van der Waals surface area contributed by atoms with Crippen LogP contribution >= 0.6 is 0 Å². The summed E-state index contributed by atoms with van der Waals surface area (Å²) in [5.74, 6) is -0.612. The number of fused-ring (bicyclic) bond motifs is 1. The highest BCUT2D eigenvalue weighted by molar-refractivity contribution is 5.94. The second-order valence-corrected chi connectivity index (χ2v) is 6.41. The van der Waals surface area contributed by atoms with Crippen LogP contribution in [0.15, 0.2) is 41.3 Å². The van der Waals surface area contributed by atoms with Crippen molar-refractivity contribution in [2.24, 2.45) is 0 Å². The van der Waals surface area contributed by atoms with E-state index in [0.717, 1.165) is 31.8 Å². The molecule has 8 nitrogen and oxygen atoms in total. The predicted octanol–water partition coefficient (Wildman–Crippen LogP) is 1.46. The first-order valence-corrected chi connectivity index (χ1v) is 8.42. The molecule has 1 amide bonds. The fourth-order valence-electron chi connectivity index (χ4n) is 3.10. The number of aromatic amines is 1. The van der Waals surface area contributed by atoms with Crippen molar-refractivity contribution in [3.8, 4) is 0 Å². The molecule has 2 N–H and O–H groups in total. The number of aromatic nitrogens is 1. The minimum Gasteiger partial charge on any atom is -0.350 e. The van der Waals surface area contributed by atoms with E-state index in [1.165, 1.54) is 11.1 Å². The third-order valence-electron chi connectivity index (χ3n) is 4.68. The Balaban J connectivity index is 1.62. The van der Waals surface area contributed by atoms with E-state index >= 15 is 0 Å². The Bertz CT molecular complexity index is 893. The lowest BCUT2D eigenvalue weighted by Crippen LogP contribution is -2.45. The number of benzene rings is 1. The van der Waals surface area contributed by atoms with Crippen molar-refractivity contribution < 1.29 is 9.72 Å². The van der Waals surface area contributed by atoms with Gasteiger partial charge in [0, 0.05) is 31.7 Å². The zero-order valence-electron chi connectivity index (χ0n) is 14.4. The Morgan fingerprint density at radius 2 is 2.12 bits per heavy atom. The number of carbonyl (C=O) groups is 1. The predicted molar refractivity (Wildman–Crippen MR) is 96.1 cm³/mol. The molecular weight excluding hydrogens is 336 g/mol. The molecule has 0 aliphatic carbocycles. The first kappa shape index (κ1) is 17.8. The van der Waals surface area contributed by atoms with Crippen molar-refractivity contribution in [1.82, 2.24) is 15.2 Å². The van der Waals surface area contributed by atoms with Crippen LogP contribution in [-0.4, -0.2) is 39.8 Å². The largest absolute Gasteiger partial charge is 0.350 e. The van der Waals surface area contributed by atoms with Gasteiger partial charge in [-0.2, -0.15) is 0 Å². The molecule has 1 aromatic heterocycles. The lowest BCUT2D eigenvalue weighted by molar-refractivity contribution is -0.385. The summed E-state index contributed by atoms with van der Waals surface area (Å²) in [5, 5.41) is 13.5. The van der Waals surface area contributed by atoms with Gasteiger partial charge in [0.2, 0.25) is 0 Å². The van der Waals surface area contributed by atoms with Gasteiger partial charge in [0.05, 0.1) is 11.1 Å². The Morgan fingerprint density at radius 1 is 1.38 bits per heavy atom. The van der Waals surface area contributed by atoms with E-state index in [1.807, 2.05) is 19.1 Å². The number of hydrogen-bond donors (Lipinski definition) is 2. The molecule has 0 bridgehead atoms. The highest BCUT2D eigenvalue weighted by atomic mass is 16.6. The number of hydrogen-bond acceptors (Lipinski definition) is 5. The molecule has 2 aromatic rings. The maximum atomic E-state index is 12.3. The number of pyridine rings is 1. The van der Waals surface area contributed by atoms with Crippen molar-refractivity contribution in [2.45, 2.75) is 25.9 Å². The number of carbonyl (C=O) groups excluding carboxylic acids is 1. The molecule has 0 fully saturated rings. The summed E-state index contributed by atoms with van der Waals surface area (Å²) in [6.07, 6.45) is 1.94. The van der Waals surface area contributed by atoms with Crippen LogP contribution in [0.1, 0.15) is 28.4 Å². The summed E-state index contributed by atoms with van der Waals surface area (Å²) in [5.41, 5.74) is 1.41. The number of H-pyrrole nitrogens is 1. The van der Waals surface area contributed by atoms with Gasteiger partial charge in [-0.15, -0.1) is 0 Å². The summed E-state index contributed by atoms with van der Waals surface area (Å²) in [4.78, 5) is 38.7. The van der Waals surface area contributed by atoms with E-state index in [4.69, 9.17) is 0 Å². The summed E-state index contributed by atoms with van der Waals surface area (Å²) in [6.45, 7) is 4.06. The zero-order chi connectivity index (χ0) is 18.7. The minimum atomic E-state index is -0.652. The fourth-order valence-corrected chi connectivity index (χ4v) is 3.10. The first-order valence-electron chi connectivity index (χ1n) is 8.42. The molecule has 1 aliphatic rings. The van der Waals surface area contributed by atoms with Crippen molar-refractivity contribution in [3.05, 3.63) is 73.7 Å². The quantitative estimate of drug-likeness (QED) is 0.623. The fraction of sp³-hybridized carbons (Fsp3) is 0.333. The number of amides is 1. The van der Waals surface area contributed by atoms with Gasteiger partial charge in [0.25, 0.3) is 17.2 Å². The average molecular weight is 356 g/mol. The molecule has 26 heavy (non-hydrogen) atoms. The third kappa shape index (κ3) is 3.80. The number of nitro groups is 1. The monoisotopic (exact) mass is 356 g/mol. The van der Waals surface area contributed by atoms with Crippen molar-refractivity contribution in [3.63, 3.8) is 0 Å². The smallest absolute Gasteiger partial charge is 0.286 e. The Kier molecular flexibility index (Phi) is 5.13. The van der Waals surface area contributed by atoms with Crippen molar-refractivity contribution in [2.75, 3.05) is 13.1 Å². The standard InChI is InChI=1S/C18H20N4O4/c1-12(21-7-6-13-4-2-3-5-14(13)11-21)9-19-17(23)16-8-15(22(25)26)10-20-18(16)24/h2-5,8,10,12H,6-7,9,11H2,1H3,(H,19,23)(H,20,24)/t12-/m0/s1. The van der Waals surface area contributed by atoms with Crippen molar-refractivity contribution >= 4 is 11.6 Å². The molecule has 0 saturated heterocycles. The van der Waals surface area contributed by atoms with Gasteiger partial charge in [0.15, 0.2) is 0 Å². The second-order valence-electron chi connectivity index (χ2n) is 6.41. The maximum Gasteiger partial charge on any atom is 0.286 e. The van der Waals surface area contributed by atoms with E-state index in [1.54, 1.807) is 0 Å². The highest BCUT2D eigenvalue weighted by Crippen LogP contribution is 2.20. The van der Waals surface area contributed by atoms with Crippen LogP contribution in [-0.2, 0) is 13.0 Å². The molecule has 136 valence electrons. The normalized spacial score (nSPS) is 15.1. The molecule has 0 unspecified atom stereocenters. The Hall–Kier alpha value is -3.00. The lowest BCUT2D eigenvalue weighted by Gasteiger charge is -2.33. The van der Waals surface area contributed by atoms with Crippen molar-refractivity contribution in [1.29, 1.82) is 0 Å². The van der Waals surface area contributed by atoms with Gasteiger partial charge in [0.1, 0.15) is 5.56 Å². The molecule has 0 spiro atoms.